The van der Waals surface area contributed by atoms with Crippen molar-refractivity contribution < 1.29 is 0 Å². The Labute approximate surface area is 119 Å². The molecule has 0 unspecified atom stereocenters. The molecule has 0 bridgehead atoms. The average molecular weight is 371 g/mol. The Kier molecular flexibility index (Phi) is 5.10. The molecule has 1 saturated carbocycles. The molecule has 0 saturated heterocycles. The van der Waals surface area contributed by atoms with Crippen LogP contribution in [0.2, 0.25) is 0 Å². The number of rotatable bonds is 3. The molecular formula is C11H15Br2ClN2. The Bertz CT molecular complexity index is 380. The Morgan fingerprint density at radius 3 is 2.50 bits per heavy atom. The van der Waals surface area contributed by atoms with Gasteiger partial charge in [-0.1, -0.05) is 28.8 Å². The molecule has 4 N–H and O–H groups in total. The van der Waals surface area contributed by atoms with Crippen LogP contribution in [0, 0.1) is 5.92 Å². The van der Waals surface area contributed by atoms with Crippen molar-refractivity contribution >= 4 is 50.0 Å². The molecule has 2 nitrogen and oxygen atoms in total. The molecule has 1 aliphatic rings. The number of benzene rings is 1. The minimum atomic E-state index is 0. The lowest BCUT2D eigenvalue weighted by Crippen LogP contribution is -2.13. The van der Waals surface area contributed by atoms with Gasteiger partial charge in [-0.05, 0) is 46.0 Å². The largest absolute Gasteiger partial charge is 0.398 e. The van der Waals surface area contributed by atoms with Crippen LogP contribution in [0.15, 0.2) is 21.1 Å². The van der Waals surface area contributed by atoms with Crippen molar-refractivity contribution in [1.82, 2.24) is 0 Å². The van der Waals surface area contributed by atoms with Crippen molar-refractivity contribution in [2.24, 2.45) is 11.7 Å². The molecule has 0 radical (unpaired) electrons. The highest BCUT2D eigenvalue weighted by Crippen LogP contribution is 2.39. The molecule has 0 heterocycles. The maximum atomic E-state index is 6.15. The van der Waals surface area contributed by atoms with Crippen LogP contribution in [-0.2, 0) is 0 Å². The summed E-state index contributed by atoms with van der Waals surface area (Å²) in [7, 11) is 0. The Morgan fingerprint density at radius 2 is 1.94 bits per heavy atom. The van der Waals surface area contributed by atoms with E-state index in [1.165, 1.54) is 12.8 Å². The fraction of sp³-hybridized carbons (Fsp3) is 0.455. The summed E-state index contributed by atoms with van der Waals surface area (Å²) >= 11 is 6.89. The summed E-state index contributed by atoms with van der Waals surface area (Å²) < 4.78 is 1.93. The second-order valence-corrected chi connectivity index (χ2v) is 5.95. The van der Waals surface area contributed by atoms with Gasteiger partial charge in [0.05, 0.1) is 5.69 Å². The molecule has 1 atom stereocenters. The number of halogens is 3. The van der Waals surface area contributed by atoms with E-state index in [2.05, 4.69) is 31.9 Å². The van der Waals surface area contributed by atoms with Crippen LogP contribution >= 0.6 is 44.3 Å². The number of nitrogens with two attached hydrogens (primary N) is 2. The monoisotopic (exact) mass is 368 g/mol. The molecule has 0 aliphatic heterocycles. The normalized spacial score (nSPS) is 16.7. The van der Waals surface area contributed by atoms with E-state index in [9.17, 15) is 0 Å². The summed E-state index contributed by atoms with van der Waals surface area (Å²) in [5.74, 6) is 0.817. The van der Waals surface area contributed by atoms with E-state index < -0.39 is 0 Å². The molecule has 90 valence electrons. The summed E-state index contributed by atoms with van der Waals surface area (Å²) in [4.78, 5) is 0. The quantitative estimate of drug-likeness (QED) is 0.790. The third-order valence-electron chi connectivity index (χ3n) is 2.81. The molecule has 1 fully saturated rings. The zero-order valence-corrected chi connectivity index (χ0v) is 12.7. The van der Waals surface area contributed by atoms with Crippen molar-refractivity contribution in [3.8, 4) is 0 Å². The second kappa shape index (κ2) is 5.71. The van der Waals surface area contributed by atoms with Crippen LogP contribution in [0.4, 0.5) is 5.69 Å². The van der Waals surface area contributed by atoms with E-state index in [-0.39, 0.29) is 18.4 Å². The van der Waals surface area contributed by atoms with Crippen molar-refractivity contribution in [3.63, 3.8) is 0 Å². The maximum absolute atomic E-state index is 6.15. The predicted octanol–water partition coefficient (Wildman–Crippen LogP) is 4.02. The van der Waals surface area contributed by atoms with Crippen LogP contribution in [0.25, 0.3) is 0 Å². The van der Waals surface area contributed by atoms with Gasteiger partial charge in [-0.15, -0.1) is 12.4 Å². The van der Waals surface area contributed by atoms with Crippen LogP contribution < -0.4 is 11.5 Å². The minimum Gasteiger partial charge on any atom is -0.398 e. The highest BCUT2D eigenvalue weighted by Gasteiger charge is 2.25. The molecule has 5 heteroatoms. The number of hydrogen-bond acceptors (Lipinski definition) is 2. The van der Waals surface area contributed by atoms with E-state index >= 15 is 0 Å². The number of hydrogen-bond donors (Lipinski definition) is 2. The van der Waals surface area contributed by atoms with Crippen LogP contribution in [0.3, 0.4) is 0 Å². The molecule has 16 heavy (non-hydrogen) atoms. The van der Waals surface area contributed by atoms with E-state index in [4.69, 9.17) is 11.5 Å². The molecule has 0 spiro atoms. The summed E-state index contributed by atoms with van der Waals surface area (Å²) in [6.07, 6.45) is 3.69. The summed E-state index contributed by atoms with van der Waals surface area (Å²) in [6.45, 7) is 0. The van der Waals surface area contributed by atoms with Gasteiger partial charge >= 0.3 is 0 Å². The lowest BCUT2D eigenvalue weighted by molar-refractivity contribution is 0.598. The fourth-order valence-corrected chi connectivity index (χ4v) is 3.01. The fourth-order valence-electron chi connectivity index (χ4n) is 1.75. The summed E-state index contributed by atoms with van der Waals surface area (Å²) in [6, 6.07) is 4.03. The molecule has 0 aromatic heterocycles. The first kappa shape index (κ1) is 14.3. The minimum absolute atomic E-state index is 0. The molecule has 1 aromatic rings. The Morgan fingerprint density at radius 1 is 1.31 bits per heavy atom. The topological polar surface area (TPSA) is 52.0 Å². The van der Waals surface area contributed by atoms with Gasteiger partial charge in [0.15, 0.2) is 0 Å². The number of nitrogen functional groups attached to an aromatic ring is 1. The Hall–Kier alpha value is 0.230. The molecule has 1 aromatic carbocycles. The second-order valence-electron chi connectivity index (χ2n) is 4.18. The molecule has 1 aliphatic carbocycles. The van der Waals surface area contributed by atoms with E-state index in [0.717, 1.165) is 32.5 Å². The molecular weight excluding hydrogens is 355 g/mol. The smallest absolute Gasteiger partial charge is 0.0507 e. The lowest BCUT2D eigenvalue weighted by Gasteiger charge is -2.15. The highest BCUT2D eigenvalue weighted by molar-refractivity contribution is 9.11. The standard InChI is InChI=1S/C11H14Br2N2.ClH/c12-7-4-8(11(15)9(13)5-7)10(14)3-6-1-2-6;/h4-6,10H,1-3,14-15H2;1H/t10-;/m1./s1. The first-order valence-electron chi connectivity index (χ1n) is 5.08. The van der Waals surface area contributed by atoms with Gasteiger partial charge in [0.25, 0.3) is 0 Å². The van der Waals surface area contributed by atoms with Gasteiger partial charge < -0.3 is 11.5 Å². The van der Waals surface area contributed by atoms with E-state index in [1.54, 1.807) is 0 Å². The predicted molar refractivity (Wildman–Crippen MR) is 77.8 cm³/mol. The van der Waals surface area contributed by atoms with Crippen LogP contribution in [0.5, 0.6) is 0 Å². The highest BCUT2D eigenvalue weighted by atomic mass is 79.9. The maximum Gasteiger partial charge on any atom is 0.0507 e. The van der Waals surface area contributed by atoms with E-state index in [1.807, 2.05) is 12.1 Å². The first-order chi connectivity index (χ1) is 7.08. The summed E-state index contributed by atoms with van der Waals surface area (Å²) in [5.41, 5.74) is 14.0. The molecule has 0 amide bonds. The SMILES string of the molecule is Cl.Nc1c(Br)cc(Br)cc1[C@H](N)CC1CC1. The third kappa shape index (κ3) is 3.36. The van der Waals surface area contributed by atoms with Gasteiger partial charge in [-0.2, -0.15) is 0 Å². The van der Waals surface area contributed by atoms with Gasteiger partial charge in [-0.25, -0.2) is 0 Å². The van der Waals surface area contributed by atoms with Crippen LogP contribution in [0.1, 0.15) is 30.9 Å². The van der Waals surface area contributed by atoms with Crippen LogP contribution in [-0.4, -0.2) is 0 Å². The number of anilines is 1. The average Bonchev–Trinajstić information content (AvgIpc) is 2.94. The van der Waals surface area contributed by atoms with Gasteiger partial charge in [0.1, 0.15) is 0 Å². The Balaban J connectivity index is 0.00000128. The van der Waals surface area contributed by atoms with Gasteiger partial charge in [0, 0.05) is 15.0 Å². The van der Waals surface area contributed by atoms with E-state index in [0.29, 0.717) is 0 Å². The third-order valence-corrected chi connectivity index (χ3v) is 3.92. The lowest BCUT2D eigenvalue weighted by atomic mass is 10.0. The first-order valence-corrected chi connectivity index (χ1v) is 6.66. The van der Waals surface area contributed by atoms with Crippen molar-refractivity contribution in [3.05, 3.63) is 26.6 Å². The van der Waals surface area contributed by atoms with Crippen molar-refractivity contribution in [1.29, 1.82) is 0 Å². The van der Waals surface area contributed by atoms with Crippen molar-refractivity contribution in [2.45, 2.75) is 25.3 Å². The zero-order chi connectivity index (χ0) is 11.0. The van der Waals surface area contributed by atoms with Gasteiger partial charge in [0.2, 0.25) is 0 Å². The summed E-state index contributed by atoms with van der Waals surface area (Å²) in [5, 5.41) is 0. The van der Waals surface area contributed by atoms with Gasteiger partial charge in [-0.3, -0.25) is 0 Å². The van der Waals surface area contributed by atoms with Crippen molar-refractivity contribution in [2.75, 3.05) is 5.73 Å². The molecule has 2 rings (SSSR count). The zero-order valence-electron chi connectivity index (χ0n) is 8.75.